The number of ether oxygens (including phenoxy) is 2. The van der Waals surface area contributed by atoms with E-state index in [0.717, 1.165) is 7.11 Å². The number of hydrogen-bond donors (Lipinski definition) is 4. The minimum atomic E-state index is -1.14. The van der Waals surface area contributed by atoms with E-state index in [0.29, 0.717) is 59.0 Å². The molecule has 5 aromatic heterocycles. The number of aromatic carboxylic acids is 1. The van der Waals surface area contributed by atoms with Gasteiger partial charge in [-0.15, -0.1) is 5.10 Å². The number of benzene rings is 3. The Morgan fingerprint density at radius 1 is 0.671 bits per heavy atom. The van der Waals surface area contributed by atoms with E-state index in [-0.39, 0.29) is 71.8 Å². The molecule has 73 heavy (non-hydrogen) atoms. The second-order valence-electron chi connectivity index (χ2n) is 13.0. The maximum absolute atomic E-state index is 12.3. The molecule has 0 fully saturated rings. The van der Waals surface area contributed by atoms with E-state index in [9.17, 15) is 24.3 Å². The van der Waals surface area contributed by atoms with Crippen LogP contribution in [0, 0.1) is 0 Å². The summed E-state index contributed by atoms with van der Waals surface area (Å²) in [6.07, 6.45) is 4.64. The van der Waals surface area contributed by atoms with Crippen LogP contribution in [0.3, 0.4) is 0 Å². The summed E-state index contributed by atoms with van der Waals surface area (Å²) in [4.78, 5) is 54.8. The van der Waals surface area contributed by atoms with Crippen LogP contribution in [0.2, 0.25) is 30.1 Å². The molecule has 8 aromatic rings. The third kappa shape index (κ3) is 18.8. The van der Waals surface area contributed by atoms with Gasteiger partial charge in [0, 0.05) is 64.1 Å². The number of fused-ring (bicyclic) bond motifs is 2. The fraction of sp³-hybridized carbons (Fsp3) is 0.174. The van der Waals surface area contributed by atoms with Crippen molar-refractivity contribution in [2.24, 2.45) is 0 Å². The number of nitrogen functional groups attached to an aromatic ring is 1. The van der Waals surface area contributed by atoms with Gasteiger partial charge in [0.1, 0.15) is 17.2 Å². The fourth-order valence-electron chi connectivity index (χ4n) is 5.54. The van der Waals surface area contributed by atoms with Crippen molar-refractivity contribution in [2.75, 3.05) is 32.7 Å². The number of esters is 2. The summed E-state index contributed by atoms with van der Waals surface area (Å²) in [5.41, 5.74) is 8.15. The molecule has 8 rings (SSSR count). The number of aromatic nitrogens is 8. The molecular weight excluding hydrogens is 1140 g/mol. The largest absolute Gasteiger partial charge is 1.00 e. The SMILES string of the molecule is CCO.CCOC(=O)C(Br)C(=O)c1cc(Cl)ccc1Cl.CCOC(=O)c1c(-c2cc(Cl)ccc2Cl)nc2cccnn12.CO.Nc1cccnn1.O=C(O)c1c(-c2cc(Cl)ccc2Cl)nc2cccnn12.[Li+].[OH-]. The zero-order valence-electron chi connectivity index (χ0n) is 39.1. The second-order valence-corrected chi connectivity index (χ2v) is 16.5. The van der Waals surface area contributed by atoms with E-state index in [1.54, 1.807) is 112 Å². The Bertz CT molecular complexity index is 3070. The number of ketones is 1. The van der Waals surface area contributed by atoms with Gasteiger partial charge in [-0.3, -0.25) is 9.59 Å². The third-order valence-corrected chi connectivity index (χ3v) is 10.8. The Labute approximate surface area is 468 Å². The van der Waals surface area contributed by atoms with Crippen molar-refractivity contribution in [2.45, 2.75) is 25.6 Å². The number of rotatable bonds is 9. The Kier molecular flexibility index (Phi) is 30.0. The van der Waals surface area contributed by atoms with E-state index < -0.39 is 28.5 Å². The summed E-state index contributed by atoms with van der Waals surface area (Å²) in [5, 5.41) is 41.5. The topological polar surface area (TPSA) is 290 Å². The molecule has 0 spiro atoms. The van der Waals surface area contributed by atoms with E-state index in [2.05, 4.69) is 46.3 Å². The number of aliphatic hydroxyl groups is 2. The van der Waals surface area contributed by atoms with E-state index in [4.69, 9.17) is 95.0 Å². The molecule has 0 aliphatic heterocycles. The number of halogens is 7. The number of imidazole rings is 2. The van der Waals surface area contributed by atoms with Gasteiger partial charge in [-0.25, -0.2) is 28.6 Å². The minimum Gasteiger partial charge on any atom is -0.870 e. The van der Waals surface area contributed by atoms with Gasteiger partial charge in [0.2, 0.25) is 0 Å². The molecule has 0 amide bonds. The fourth-order valence-corrected chi connectivity index (χ4v) is 7.06. The molecule has 382 valence electrons. The first-order valence-corrected chi connectivity index (χ1v) is 23.5. The van der Waals surface area contributed by atoms with Crippen LogP contribution in [0.15, 0.2) is 110 Å². The van der Waals surface area contributed by atoms with Gasteiger partial charge in [-0.2, -0.15) is 15.3 Å². The Balaban J connectivity index is 0.000000488. The molecule has 27 heteroatoms. The van der Waals surface area contributed by atoms with Crippen LogP contribution >= 0.6 is 85.5 Å². The predicted octanol–water partition coefficient (Wildman–Crippen LogP) is 7.28. The summed E-state index contributed by atoms with van der Waals surface area (Å²) in [5.74, 6) is -2.31. The number of carbonyl (C=O) groups excluding carboxylic acids is 3. The monoisotopic (exact) mass is 1180 g/mol. The Hall–Kier alpha value is -5.44. The van der Waals surface area contributed by atoms with Gasteiger partial charge >= 0.3 is 36.8 Å². The summed E-state index contributed by atoms with van der Waals surface area (Å²) < 4.78 is 12.5. The first-order valence-electron chi connectivity index (χ1n) is 20.3. The van der Waals surface area contributed by atoms with E-state index in [1.165, 1.54) is 27.4 Å². The van der Waals surface area contributed by atoms with Crippen molar-refractivity contribution in [1.82, 2.24) is 39.4 Å². The first kappa shape index (κ1) is 65.6. The maximum atomic E-state index is 12.3. The number of carboxylic acid groups (broad SMARTS) is 1. The summed E-state index contributed by atoms with van der Waals surface area (Å²) >= 11 is 38.9. The Morgan fingerprint density at radius 2 is 1.11 bits per heavy atom. The van der Waals surface area contributed by atoms with Crippen molar-refractivity contribution in [1.29, 1.82) is 0 Å². The number of carbonyl (C=O) groups is 4. The van der Waals surface area contributed by atoms with Crippen molar-refractivity contribution >= 4 is 126 Å². The molecule has 0 bridgehead atoms. The molecule has 0 saturated heterocycles. The number of nitrogens with two attached hydrogens (primary N) is 1. The Morgan fingerprint density at radius 3 is 1.53 bits per heavy atom. The number of Topliss-reactive ketones (excluding diaryl/α,β-unsaturated/α-hetero) is 1. The van der Waals surface area contributed by atoms with Gasteiger partial charge in [-0.05, 0) is 112 Å². The van der Waals surface area contributed by atoms with Crippen molar-refractivity contribution in [3.63, 3.8) is 0 Å². The van der Waals surface area contributed by atoms with Crippen LogP contribution in [0.4, 0.5) is 5.82 Å². The van der Waals surface area contributed by atoms with Crippen molar-refractivity contribution < 1.29 is 68.3 Å². The van der Waals surface area contributed by atoms with Crippen LogP contribution in [0.1, 0.15) is 52.1 Å². The number of carboxylic acids is 1. The third-order valence-electron chi connectivity index (χ3n) is 8.33. The number of aliphatic hydroxyl groups excluding tert-OH is 2. The molecule has 0 saturated carbocycles. The standard InChI is InChI=1S/C15H11Cl2N3O2.C13H7Cl2N3O2.C11H9BrCl2O3.C4H5N3.C2H6O.CH4O.Li.H2O/c1-2-22-15(21)14-13(10-8-9(16)5-6-11(10)17)19-12-4-3-7-18-20(12)14;14-7-3-4-9(15)8(6-7)11-12(13(19)20)18-10(17-11)2-1-5-16-18;1-2-17-11(16)9(12)10(15)7-5-6(13)3-4-8(7)14;5-4-2-1-3-6-7-4;1-2-3;1-2;;/h3-8H,2H2,1H3;1-6H,(H,19,20);3-5,9H,2H2,1H3;1-3H,(H2,5,7);3H,2H2,1H3;2H,1H3;;1H2/q;;;;;;+1;/p-1. The van der Waals surface area contributed by atoms with Gasteiger partial charge < -0.3 is 36.0 Å². The van der Waals surface area contributed by atoms with E-state index >= 15 is 0 Å². The number of anilines is 1. The van der Waals surface area contributed by atoms with Gasteiger partial charge in [0.25, 0.3) is 0 Å². The van der Waals surface area contributed by atoms with Gasteiger partial charge in [-0.1, -0.05) is 85.5 Å². The number of hydrogen-bond acceptors (Lipinski definition) is 16. The van der Waals surface area contributed by atoms with Crippen molar-refractivity contribution in [3.8, 4) is 22.5 Å². The zero-order chi connectivity index (χ0) is 52.8. The average Bonchev–Trinajstić information content (AvgIpc) is 3.95. The van der Waals surface area contributed by atoms with Gasteiger partial charge in [0.05, 0.1) is 28.3 Å². The van der Waals surface area contributed by atoms with Crippen molar-refractivity contribution in [3.05, 3.63) is 157 Å². The number of nitrogens with zero attached hydrogens (tertiary/aromatic N) is 8. The minimum absolute atomic E-state index is 0. The maximum Gasteiger partial charge on any atom is 1.00 e. The quantitative estimate of drug-likeness (QED) is 0.0363. The summed E-state index contributed by atoms with van der Waals surface area (Å²) in [7, 11) is 1.00. The van der Waals surface area contributed by atoms with Gasteiger partial charge in [0.15, 0.2) is 33.3 Å². The molecule has 3 aromatic carbocycles. The van der Waals surface area contributed by atoms with E-state index in [1.807, 2.05) is 0 Å². The summed E-state index contributed by atoms with van der Waals surface area (Å²) in [6.45, 7) is 5.79. The van der Waals surface area contributed by atoms with Crippen LogP contribution in [0.25, 0.3) is 33.8 Å². The normalized spacial score (nSPS) is 10.2. The molecule has 0 aliphatic carbocycles. The first-order chi connectivity index (χ1) is 34.0. The van der Waals surface area contributed by atoms with Crippen LogP contribution in [0.5, 0.6) is 0 Å². The summed E-state index contributed by atoms with van der Waals surface area (Å²) in [6, 6.07) is 24.5. The van der Waals surface area contributed by atoms with Crippen LogP contribution in [-0.4, -0.2) is 116 Å². The smallest absolute Gasteiger partial charge is 0.870 e. The second kappa shape index (κ2) is 33.4. The molecule has 0 radical (unpaired) electrons. The average molecular weight is 1180 g/mol. The number of alkyl halides is 1. The predicted molar refractivity (Wildman–Crippen MR) is 279 cm³/mol. The molecule has 0 aliphatic rings. The molecule has 19 nitrogen and oxygen atoms in total. The molecule has 1 unspecified atom stereocenters. The molecule has 5 heterocycles. The molecular formula is C46H43BrCl6LiN9O10. The molecule has 1 atom stereocenters. The zero-order valence-corrected chi connectivity index (χ0v) is 45.3. The van der Waals surface area contributed by atoms with Crippen LogP contribution < -0.4 is 24.6 Å². The molecule has 6 N–H and O–H groups in total. The van der Waals surface area contributed by atoms with Crippen LogP contribution in [-0.2, 0) is 14.3 Å².